The highest BCUT2D eigenvalue weighted by Gasteiger charge is 2.18. The highest BCUT2D eigenvalue weighted by molar-refractivity contribution is 5.76. The topological polar surface area (TPSA) is 50.4 Å². The third-order valence-corrected chi connectivity index (χ3v) is 2.72. The zero-order chi connectivity index (χ0) is 12.0. The van der Waals surface area contributed by atoms with Gasteiger partial charge in [-0.3, -0.25) is 4.79 Å². The van der Waals surface area contributed by atoms with Crippen molar-refractivity contribution in [2.45, 2.75) is 58.2 Å². The predicted octanol–water partition coefficient (Wildman–Crippen LogP) is 1.06. The summed E-state index contributed by atoms with van der Waals surface area (Å²) in [5.74, 6) is 0.127. The fraction of sp³-hybridized carbons (Fsp3) is 0.917. The van der Waals surface area contributed by atoms with E-state index in [4.69, 9.17) is 4.74 Å². The van der Waals surface area contributed by atoms with Gasteiger partial charge in [0, 0.05) is 31.7 Å². The molecule has 1 saturated heterocycles. The number of hydrogen-bond donors (Lipinski definition) is 2. The first-order valence-electron chi connectivity index (χ1n) is 6.22. The number of carbonyl (C=O) groups excluding carboxylic acids is 1. The number of carbonyl (C=O) groups is 1. The van der Waals surface area contributed by atoms with Gasteiger partial charge in [-0.2, -0.15) is 0 Å². The monoisotopic (exact) mass is 228 g/mol. The molecule has 0 spiro atoms. The van der Waals surface area contributed by atoms with E-state index in [1.54, 1.807) is 0 Å². The van der Waals surface area contributed by atoms with Crippen molar-refractivity contribution in [2.75, 3.05) is 13.2 Å². The zero-order valence-corrected chi connectivity index (χ0v) is 10.6. The lowest BCUT2D eigenvalue weighted by Crippen LogP contribution is -2.40. The van der Waals surface area contributed by atoms with Crippen molar-refractivity contribution in [2.24, 2.45) is 0 Å². The summed E-state index contributed by atoms with van der Waals surface area (Å²) in [5.41, 5.74) is 0. The van der Waals surface area contributed by atoms with Crippen molar-refractivity contribution in [3.8, 4) is 0 Å². The van der Waals surface area contributed by atoms with Crippen LogP contribution < -0.4 is 10.6 Å². The molecule has 0 saturated carbocycles. The summed E-state index contributed by atoms with van der Waals surface area (Å²) in [5, 5.41) is 6.30. The molecular formula is C12H24N2O2. The van der Waals surface area contributed by atoms with Crippen LogP contribution in [0.3, 0.4) is 0 Å². The van der Waals surface area contributed by atoms with Crippen molar-refractivity contribution in [3.63, 3.8) is 0 Å². The molecule has 94 valence electrons. The summed E-state index contributed by atoms with van der Waals surface area (Å²) in [4.78, 5) is 11.4. The number of ether oxygens (including phenoxy) is 1. The molecule has 2 unspecified atom stereocenters. The molecule has 0 aromatic rings. The molecule has 1 rings (SSSR count). The van der Waals surface area contributed by atoms with Crippen LogP contribution in [0, 0.1) is 0 Å². The van der Waals surface area contributed by atoms with Gasteiger partial charge in [-0.15, -0.1) is 0 Å². The second-order valence-electron chi connectivity index (χ2n) is 4.83. The van der Waals surface area contributed by atoms with Gasteiger partial charge in [0.15, 0.2) is 0 Å². The van der Waals surface area contributed by atoms with Crippen molar-refractivity contribution < 1.29 is 9.53 Å². The van der Waals surface area contributed by atoms with E-state index in [2.05, 4.69) is 17.6 Å². The fourth-order valence-corrected chi connectivity index (χ4v) is 1.97. The van der Waals surface area contributed by atoms with Crippen LogP contribution in [-0.4, -0.2) is 37.2 Å². The third-order valence-electron chi connectivity index (χ3n) is 2.72. The average Bonchev–Trinajstić information content (AvgIpc) is 2.16. The number of nitrogens with one attached hydrogen (secondary N) is 2. The number of hydrogen-bond acceptors (Lipinski definition) is 3. The van der Waals surface area contributed by atoms with E-state index in [9.17, 15) is 4.79 Å². The van der Waals surface area contributed by atoms with Crippen LogP contribution in [0.1, 0.15) is 40.0 Å². The van der Waals surface area contributed by atoms with E-state index in [1.807, 2.05) is 13.8 Å². The molecule has 1 aliphatic rings. The van der Waals surface area contributed by atoms with Gasteiger partial charge in [0.2, 0.25) is 5.91 Å². The summed E-state index contributed by atoms with van der Waals surface area (Å²) in [6, 6.07) is 0.742. The second kappa shape index (κ2) is 6.86. The molecule has 0 aliphatic carbocycles. The van der Waals surface area contributed by atoms with Crippen molar-refractivity contribution in [1.29, 1.82) is 0 Å². The standard InChI is InChI=1S/C12H24N2O2/c1-9(2)14-12(15)4-6-13-11-5-7-16-10(3)8-11/h9-11,13H,4-8H2,1-3H3,(H,14,15). The Kier molecular flexibility index (Phi) is 5.77. The maximum Gasteiger partial charge on any atom is 0.221 e. The molecule has 4 nitrogen and oxygen atoms in total. The predicted molar refractivity (Wildman–Crippen MR) is 64.3 cm³/mol. The second-order valence-corrected chi connectivity index (χ2v) is 4.83. The minimum Gasteiger partial charge on any atom is -0.378 e. The molecule has 2 N–H and O–H groups in total. The Morgan fingerprint density at radius 2 is 2.25 bits per heavy atom. The zero-order valence-electron chi connectivity index (χ0n) is 10.6. The normalized spacial score (nSPS) is 25.8. The van der Waals surface area contributed by atoms with Crippen molar-refractivity contribution in [3.05, 3.63) is 0 Å². The lowest BCUT2D eigenvalue weighted by molar-refractivity contribution is -0.121. The first kappa shape index (κ1) is 13.5. The summed E-state index contributed by atoms with van der Waals surface area (Å²) >= 11 is 0. The van der Waals surface area contributed by atoms with Gasteiger partial charge in [-0.05, 0) is 33.6 Å². The first-order valence-corrected chi connectivity index (χ1v) is 6.22. The SMILES string of the molecule is CC(C)NC(=O)CCNC1CCOC(C)C1. The quantitative estimate of drug-likeness (QED) is 0.739. The number of rotatable bonds is 5. The molecule has 1 fully saturated rings. The van der Waals surface area contributed by atoms with Crippen LogP contribution in [0.2, 0.25) is 0 Å². The summed E-state index contributed by atoms with van der Waals surface area (Å²) < 4.78 is 5.47. The molecule has 4 heteroatoms. The van der Waals surface area contributed by atoms with Crippen molar-refractivity contribution in [1.82, 2.24) is 10.6 Å². The summed E-state index contributed by atoms with van der Waals surface area (Å²) in [6.07, 6.45) is 3.00. The maximum absolute atomic E-state index is 11.4. The highest BCUT2D eigenvalue weighted by Crippen LogP contribution is 2.12. The Morgan fingerprint density at radius 3 is 2.88 bits per heavy atom. The maximum atomic E-state index is 11.4. The first-order chi connectivity index (χ1) is 7.58. The van der Waals surface area contributed by atoms with Gasteiger partial charge >= 0.3 is 0 Å². The molecule has 1 heterocycles. The van der Waals surface area contributed by atoms with Crippen LogP contribution in [0.15, 0.2) is 0 Å². The smallest absolute Gasteiger partial charge is 0.221 e. The van der Waals surface area contributed by atoms with E-state index < -0.39 is 0 Å². The van der Waals surface area contributed by atoms with Crippen LogP contribution >= 0.6 is 0 Å². The Balaban J connectivity index is 2.08. The molecule has 1 amide bonds. The van der Waals surface area contributed by atoms with Gasteiger partial charge < -0.3 is 15.4 Å². The molecule has 0 radical (unpaired) electrons. The Hall–Kier alpha value is -0.610. The molecule has 0 bridgehead atoms. The van der Waals surface area contributed by atoms with Gasteiger partial charge in [-0.25, -0.2) is 0 Å². The van der Waals surface area contributed by atoms with E-state index in [0.29, 0.717) is 18.6 Å². The van der Waals surface area contributed by atoms with Crippen molar-refractivity contribution >= 4 is 5.91 Å². The average molecular weight is 228 g/mol. The van der Waals surface area contributed by atoms with Gasteiger partial charge in [-0.1, -0.05) is 0 Å². The summed E-state index contributed by atoms with van der Waals surface area (Å²) in [6.45, 7) is 7.64. The van der Waals surface area contributed by atoms with Gasteiger partial charge in [0.25, 0.3) is 0 Å². The number of amides is 1. The minimum absolute atomic E-state index is 0.127. The van der Waals surface area contributed by atoms with E-state index in [1.165, 1.54) is 0 Å². The van der Waals surface area contributed by atoms with E-state index in [-0.39, 0.29) is 11.9 Å². The lowest BCUT2D eigenvalue weighted by Gasteiger charge is -2.28. The minimum atomic E-state index is 0.127. The van der Waals surface area contributed by atoms with Gasteiger partial charge in [0.1, 0.15) is 0 Å². The van der Waals surface area contributed by atoms with Crippen LogP contribution in [-0.2, 0) is 9.53 Å². The fourth-order valence-electron chi connectivity index (χ4n) is 1.97. The van der Waals surface area contributed by atoms with Crippen LogP contribution in [0.25, 0.3) is 0 Å². The largest absolute Gasteiger partial charge is 0.378 e. The Morgan fingerprint density at radius 1 is 1.50 bits per heavy atom. The third kappa shape index (κ3) is 5.47. The summed E-state index contributed by atoms with van der Waals surface area (Å²) in [7, 11) is 0. The molecular weight excluding hydrogens is 204 g/mol. The molecule has 0 aromatic heterocycles. The molecule has 1 aliphatic heterocycles. The molecule has 16 heavy (non-hydrogen) atoms. The van der Waals surface area contributed by atoms with E-state index >= 15 is 0 Å². The Bertz CT molecular complexity index is 219. The van der Waals surface area contributed by atoms with Crippen LogP contribution in [0.5, 0.6) is 0 Å². The van der Waals surface area contributed by atoms with Crippen LogP contribution in [0.4, 0.5) is 0 Å². The molecule has 2 atom stereocenters. The highest BCUT2D eigenvalue weighted by atomic mass is 16.5. The molecule has 0 aromatic carbocycles. The van der Waals surface area contributed by atoms with E-state index in [0.717, 1.165) is 26.0 Å². The lowest BCUT2D eigenvalue weighted by atomic mass is 10.0. The van der Waals surface area contributed by atoms with Gasteiger partial charge in [0.05, 0.1) is 6.10 Å². The Labute approximate surface area is 98.1 Å².